The molecule has 4 heteroatoms. The van der Waals surface area contributed by atoms with Gasteiger partial charge in [-0.3, -0.25) is 0 Å². The first-order valence-electron chi connectivity index (χ1n) is 13.1. The minimum atomic E-state index is 0. The molecule has 1 aliphatic carbocycles. The van der Waals surface area contributed by atoms with E-state index in [9.17, 15) is 0 Å². The number of hydrogen-bond donors (Lipinski definition) is 0. The monoisotopic (exact) mass is 555 g/mol. The molecule has 1 nitrogen and oxygen atoms in total. The largest absolute Gasteiger partial charge is 0.309 e. The van der Waals surface area contributed by atoms with Crippen molar-refractivity contribution in [3.8, 4) is 0 Å². The molecule has 1 aliphatic heterocycles. The molecule has 2 aromatic rings. The maximum atomic E-state index is 6.21. The van der Waals surface area contributed by atoms with Gasteiger partial charge in [0, 0.05) is 21.4 Å². The van der Waals surface area contributed by atoms with E-state index in [-0.39, 0.29) is 12.4 Å². The van der Waals surface area contributed by atoms with Crippen molar-refractivity contribution >= 4 is 41.3 Å². The summed E-state index contributed by atoms with van der Waals surface area (Å²) >= 11 is 8.03. The molecule has 0 saturated heterocycles. The number of fused-ring (bicyclic) bond motifs is 2. The van der Waals surface area contributed by atoms with E-state index in [0.29, 0.717) is 5.41 Å². The Balaban J connectivity index is 0.000000268. The van der Waals surface area contributed by atoms with Gasteiger partial charge in [0.05, 0.1) is 0 Å². The number of nitrogens with zero attached hydrogens (tertiary/aromatic N) is 1. The Morgan fingerprint density at radius 1 is 0.973 bits per heavy atom. The lowest BCUT2D eigenvalue weighted by Gasteiger charge is -2.22. The van der Waals surface area contributed by atoms with Gasteiger partial charge in [-0.2, -0.15) is 0 Å². The van der Waals surface area contributed by atoms with Gasteiger partial charge >= 0.3 is 0 Å². The molecule has 200 valence electrons. The van der Waals surface area contributed by atoms with Crippen LogP contribution in [0.2, 0.25) is 5.02 Å². The van der Waals surface area contributed by atoms with E-state index in [0.717, 1.165) is 30.8 Å². The van der Waals surface area contributed by atoms with Crippen LogP contribution < -0.4 is 0 Å². The summed E-state index contributed by atoms with van der Waals surface area (Å²) in [5.74, 6) is 0. The third-order valence-corrected chi connectivity index (χ3v) is 7.96. The van der Waals surface area contributed by atoms with Gasteiger partial charge in [0.1, 0.15) is 0 Å². The van der Waals surface area contributed by atoms with Crippen LogP contribution in [0.5, 0.6) is 0 Å². The Morgan fingerprint density at radius 3 is 2.46 bits per heavy atom. The third kappa shape index (κ3) is 10.2. The zero-order valence-electron chi connectivity index (χ0n) is 23.3. The fourth-order valence-electron chi connectivity index (χ4n) is 4.33. The first kappa shape index (κ1) is 31.5. The van der Waals surface area contributed by atoms with E-state index in [1.54, 1.807) is 0 Å². The summed E-state index contributed by atoms with van der Waals surface area (Å²) in [7, 11) is 4.21. The highest BCUT2D eigenvalue weighted by Crippen LogP contribution is 2.46. The van der Waals surface area contributed by atoms with Gasteiger partial charge in [-0.05, 0) is 106 Å². The van der Waals surface area contributed by atoms with Crippen LogP contribution in [0.15, 0.2) is 93.8 Å². The second-order valence-corrected chi connectivity index (χ2v) is 12.4. The summed E-state index contributed by atoms with van der Waals surface area (Å²) in [6, 6.07) is 14.8. The molecule has 2 aliphatic rings. The van der Waals surface area contributed by atoms with Crippen molar-refractivity contribution in [3.63, 3.8) is 0 Å². The van der Waals surface area contributed by atoms with E-state index < -0.39 is 0 Å². The lowest BCUT2D eigenvalue weighted by atomic mass is 9.87. The van der Waals surface area contributed by atoms with Gasteiger partial charge in [0.15, 0.2) is 0 Å². The summed E-state index contributed by atoms with van der Waals surface area (Å²) < 4.78 is 0. The summed E-state index contributed by atoms with van der Waals surface area (Å²) in [6.07, 6.45) is 17.5. The van der Waals surface area contributed by atoms with Crippen LogP contribution in [0.4, 0.5) is 0 Å². The summed E-state index contributed by atoms with van der Waals surface area (Å²) in [6.45, 7) is 10.2. The van der Waals surface area contributed by atoms with Crippen molar-refractivity contribution in [3.05, 3.63) is 100 Å². The fourth-order valence-corrected chi connectivity index (χ4v) is 5.59. The van der Waals surface area contributed by atoms with Crippen LogP contribution >= 0.6 is 35.8 Å². The lowest BCUT2D eigenvalue weighted by molar-refractivity contribution is 0.417. The number of allylic oxidation sites excluding steroid dienone is 6. The lowest BCUT2D eigenvalue weighted by Crippen LogP contribution is -2.12. The van der Waals surface area contributed by atoms with Gasteiger partial charge < -0.3 is 4.90 Å². The Labute approximate surface area is 241 Å². The first-order chi connectivity index (χ1) is 17.1. The molecular formula is C33H43Cl2NS. The van der Waals surface area contributed by atoms with E-state index in [1.165, 1.54) is 50.5 Å². The predicted octanol–water partition coefficient (Wildman–Crippen LogP) is 10.6. The quantitative estimate of drug-likeness (QED) is 0.295. The number of benzene rings is 2. The molecule has 1 heterocycles. The average molecular weight is 557 g/mol. The van der Waals surface area contributed by atoms with Gasteiger partial charge in [0.2, 0.25) is 0 Å². The second-order valence-electron chi connectivity index (χ2n) is 10.9. The molecule has 0 unspecified atom stereocenters. The minimum absolute atomic E-state index is 0. The summed E-state index contributed by atoms with van der Waals surface area (Å²) in [4.78, 5) is 4.82. The van der Waals surface area contributed by atoms with Crippen molar-refractivity contribution in [2.75, 3.05) is 20.6 Å². The minimum Gasteiger partial charge on any atom is -0.309 e. The summed E-state index contributed by atoms with van der Waals surface area (Å²) in [5.41, 5.74) is 7.22. The molecule has 4 rings (SSSR count). The molecule has 37 heavy (non-hydrogen) atoms. The maximum absolute atomic E-state index is 6.21. The van der Waals surface area contributed by atoms with Crippen molar-refractivity contribution in [1.82, 2.24) is 4.90 Å². The van der Waals surface area contributed by atoms with E-state index in [4.69, 9.17) is 11.6 Å². The van der Waals surface area contributed by atoms with Crippen LogP contribution in [0.25, 0.3) is 5.57 Å². The molecule has 0 radical (unpaired) electrons. The van der Waals surface area contributed by atoms with Crippen LogP contribution in [-0.4, -0.2) is 25.5 Å². The molecule has 0 spiro atoms. The molecule has 0 atom stereocenters. The topological polar surface area (TPSA) is 3.24 Å². The Hall–Kier alpha value is -1.71. The Morgan fingerprint density at radius 2 is 1.70 bits per heavy atom. The average Bonchev–Trinajstić information content (AvgIpc) is 2.85. The van der Waals surface area contributed by atoms with Gasteiger partial charge in [0.25, 0.3) is 0 Å². The molecule has 2 aromatic carbocycles. The number of halogens is 2. The van der Waals surface area contributed by atoms with Crippen molar-refractivity contribution in [2.45, 2.75) is 69.6 Å². The molecule has 0 saturated carbocycles. The van der Waals surface area contributed by atoms with Gasteiger partial charge in [-0.15, -0.1) is 12.4 Å². The highest BCUT2D eigenvalue weighted by molar-refractivity contribution is 7.99. The second kappa shape index (κ2) is 15.0. The Kier molecular flexibility index (Phi) is 12.8. The summed E-state index contributed by atoms with van der Waals surface area (Å²) in [5, 5.41) is 0.798. The fraction of sp³-hybridized carbons (Fsp3) is 0.394. The van der Waals surface area contributed by atoms with Gasteiger partial charge in [-0.25, -0.2) is 0 Å². The normalized spacial score (nSPS) is 17.8. The smallest absolute Gasteiger partial charge is 0.0412 e. The molecular weight excluding hydrogens is 513 g/mol. The van der Waals surface area contributed by atoms with Gasteiger partial charge in [-0.1, -0.05) is 96.9 Å². The Bertz CT molecular complexity index is 1150. The van der Waals surface area contributed by atoms with Crippen LogP contribution in [-0.2, 0) is 0 Å². The van der Waals surface area contributed by atoms with E-state index >= 15 is 0 Å². The standard InChI is InChI=1S/C18H18ClNS.C15H24.ClH/c1-20(2)11-5-7-14-15-6-3-4-8-17(15)21-18-10-9-13(19)12-16(14)18;1-13-7-5-8-14(2)10-12-15(3,4)11-6-9-13;/h3-4,6-10,12H,5,11H2,1-2H3;6-7,10-11H,5,8-9,12H2,1-4H3;1H. The zero-order chi connectivity index (χ0) is 26.1. The van der Waals surface area contributed by atoms with Crippen LogP contribution in [0, 0.1) is 5.41 Å². The third-order valence-electron chi connectivity index (χ3n) is 6.57. The highest BCUT2D eigenvalue weighted by Gasteiger charge is 2.20. The molecule has 0 aromatic heterocycles. The van der Waals surface area contributed by atoms with Crippen LogP contribution in [0.1, 0.15) is 70.9 Å². The number of rotatable bonds is 3. The maximum Gasteiger partial charge on any atom is 0.0412 e. The predicted molar refractivity (Wildman–Crippen MR) is 168 cm³/mol. The van der Waals surface area contributed by atoms with Crippen LogP contribution in [0.3, 0.4) is 0 Å². The molecule has 0 amide bonds. The van der Waals surface area contributed by atoms with E-state index in [1.807, 2.05) is 17.8 Å². The number of hydrogen-bond acceptors (Lipinski definition) is 2. The van der Waals surface area contributed by atoms with Crippen molar-refractivity contribution in [2.24, 2.45) is 5.41 Å². The zero-order valence-corrected chi connectivity index (χ0v) is 25.7. The van der Waals surface area contributed by atoms with E-state index in [2.05, 4.69) is 113 Å². The van der Waals surface area contributed by atoms with Crippen molar-refractivity contribution < 1.29 is 0 Å². The highest BCUT2D eigenvalue weighted by atomic mass is 35.5. The van der Waals surface area contributed by atoms with Crippen molar-refractivity contribution in [1.29, 1.82) is 0 Å². The molecule has 0 fully saturated rings. The molecule has 0 N–H and O–H groups in total. The SMILES string of the molecule is CC1=CCCC(C)=CCC(C)(C)C=CC1.CN(C)CCC=C1c2ccccc2Sc2ccc(Cl)cc21.Cl. The first-order valence-corrected chi connectivity index (χ1v) is 14.2. The molecule has 0 bridgehead atoms.